The second kappa shape index (κ2) is 11.5. The summed E-state index contributed by atoms with van der Waals surface area (Å²) in [5, 5.41) is 2.41. The fourth-order valence-electron chi connectivity index (χ4n) is 3.02. The van der Waals surface area contributed by atoms with Crippen LogP contribution in [0.4, 0.5) is 4.79 Å². The summed E-state index contributed by atoms with van der Waals surface area (Å²) in [4.78, 5) is 39.0. The Morgan fingerprint density at radius 2 is 1.84 bits per heavy atom. The highest BCUT2D eigenvalue weighted by Crippen LogP contribution is 2.31. The first-order valence-electron chi connectivity index (χ1n) is 10.4. The van der Waals surface area contributed by atoms with Gasteiger partial charge in [-0.25, -0.2) is 0 Å². The normalized spacial score (nSPS) is 14.8. The summed E-state index contributed by atoms with van der Waals surface area (Å²) in [6, 6.07) is 14.6. The number of thioether (sulfide) groups is 1. The molecule has 1 fully saturated rings. The van der Waals surface area contributed by atoms with Gasteiger partial charge >= 0.3 is 0 Å². The zero-order chi connectivity index (χ0) is 22.9. The Labute approximate surface area is 191 Å². The van der Waals surface area contributed by atoms with Gasteiger partial charge in [0.15, 0.2) is 0 Å². The summed E-state index contributed by atoms with van der Waals surface area (Å²) in [6.45, 7) is 5.48. The molecule has 0 bridgehead atoms. The summed E-state index contributed by atoms with van der Waals surface area (Å²) in [7, 11) is 0. The van der Waals surface area contributed by atoms with Crippen LogP contribution in [-0.2, 0) is 9.53 Å². The van der Waals surface area contributed by atoms with Crippen molar-refractivity contribution in [3.8, 4) is 5.75 Å². The molecule has 1 heterocycles. The van der Waals surface area contributed by atoms with Crippen molar-refractivity contribution < 1.29 is 23.9 Å². The number of nitrogens with one attached hydrogen (secondary N) is 1. The Morgan fingerprint density at radius 1 is 1.09 bits per heavy atom. The third-order valence-electron chi connectivity index (χ3n) is 4.69. The Morgan fingerprint density at radius 3 is 2.59 bits per heavy atom. The van der Waals surface area contributed by atoms with Crippen molar-refractivity contribution in [1.82, 2.24) is 10.2 Å². The molecule has 8 heteroatoms. The van der Waals surface area contributed by atoms with E-state index in [1.54, 1.807) is 30.3 Å². The number of nitrogens with zero attached hydrogens (tertiary/aromatic N) is 1. The number of aryl methyl sites for hydroxylation is 1. The van der Waals surface area contributed by atoms with Crippen LogP contribution >= 0.6 is 11.8 Å². The van der Waals surface area contributed by atoms with Crippen LogP contribution in [-0.4, -0.2) is 54.9 Å². The Hall–Kier alpha value is -3.10. The molecule has 3 rings (SSSR count). The molecule has 7 nitrogen and oxygen atoms in total. The largest absolute Gasteiger partial charge is 0.490 e. The van der Waals surface area contributed by atoms with E-state index in [-0.39, 0.29) is 30.1 Å². The summed E-state index contributed by atoms with van der Waals surface area (Å²) < 4.78 is 10.9. The van der Waals surface area contributed by atoms with E-state index in [0.717, 1.165) is 27.8 Å². The van der Waals surface area contributed by atoms with Crippen LogP contribution in [0, 0.1) is 6.92 Å². The first kappa shape index (κ1) is 23.6. The van der Waals surface area contributed by atoms with Crippen LogP contribution in [0.15, 0.2) is 53.4 Å². The lowest BCUT2D eigenvalue weighted by Gasteiger charge is -2.14. The number of rotatable bonds is 10. The number of benzene rings is 2. The molecule has 1 saturated heterocycles. The lowest BCUT2D eigenvalue weighted by molar-refractivity contribution is -0.122. The zero-order valence-electron chi connectivity index (χ0n) is 18.1. The maximum absolute atomic E-state index is 12.6. The lowest BCUT2D eigenvalue weighted by atomic mass is 10.1. The maximum atomic E-state index is 12.6. The molecule has 1 aliphatic rings. The van der Waals surface area contributed by atoms with Gasteiger partial charge in [0.25, 0.3) is 17.1 Å². The number of hydrogen-bond acceptors (Lipinski definition) is 6. The number of hydrogen-bond donors (Lipinski definition) is 1. The van der Waals surface area contributed by atoms with Crippen molar-refractivity contribution in [3.05, 3.63) is 70.1 Å². The average molecular weight is 455 g/mol. The first-order chi connectivity index (χ1) is 15.5. The minimum atomic E-state index is -0.352. The van der Waals surface area contributed by atoms with E-state index in [0.29, 0.717) is 36.0 Å². The molecule has 0 aromatic heterocycles. The third-order valence-corrected chi connectivity index (χ3v) is 5.60. The molecule has 0 aliphatic carbocycles. The van der Waals surface area contributed by atoms with Crippen molar-refractivity contribution in [2.45, 2.75) is 13.8 Å². The molecular formula is C24H26N2O5S. The van der Waals surface area contributed by atoms with Gasteiger partial charge in [0.1, 0.15) is 12.4 Å². The van der Waals surface area contributed by atoms with E-state index in [1.807, 2.05) is 38.1 Å². The van der Waals surface area contributed by atoms with Gasteiger partial charge in [-0.3, -0.25) is 19.3 Å². The third kappa shape index (κ3) is 6.21. The van der Waals surface area contributed by atoms with Gasteiger partial charge in [0, 0.05) is 19.7 Å². The van der Waals surface area contributed by atoms with Crippen molar-refractivity contribution in [3.63, 3.8) is 0 Å². The molecule has 2 aromatic rings. The molecule has 0 spiro atoms. The fourth-order valence-corrected chi connectivity index (χ4v) is 3.88. The van der Waals surface area contributed by atoms with E-state index in [1.165, 1.54) is 0 Å². The second-order valence-electron chi connectivity index (χ2n) is 7.04. The van der Waals surface area contributed by atoms with Gasteiger partial charge in [0.05, 0.1) is 17.1 Å². The van der Waals surface area contributed by atoms with E-state index in [2.05, 4.69) is 5.32 Å². The molecule has 0 unspecified atom stereocenters. The van der Waals surface area contributed by atoms with Gasteiger partial charge in [-0.1, -0.05) is 42.0 Å². The van der Waals surface area contributed by atoms with Crippen molar-refractivity contribution in [2.24, 2.45) is 0 Å². The summed E-state index contributed by atoms with van der Waals surface area (Å²) in [5.74, 6) is -0.231. The number of imide groups is 1. The number of ether oxygens (including phenoxy) is 2. The molecule has 0 radical (unpaired) electrons. The highest BCUT2D eigenvalue weighted by atomic mass is 32.2. The van der Waals surface area contributed by atoms with Crippen molar-refractivity contribution in [1.29, 1.82) is 0 Å². The number of para-hydroxylation sites is 1. The van der Waals surface area contributed by atoms with Crippen LogP contribution in [0.2, 0.25) is 0 Å². The average Bonchev–Trinajstić information content (AvgIpc) is 3.05. The monoisotopic (exact) mass is 454 g/mol. The molecule has 2 aromatic carbocycles. The predicted octanol–water partition coefficient (Wildman–Crippen LogP) is 3.88. The first-order valence-corrected chi connectivity index (χ1v) is 11.2. The van der Waals surface area contributed by atoms with E-state index >= 15 is 0 Å². The van der Waals surface area contributed by atoms with Gasteiger partial charge < -0.3 is 14.8 Å². The fraction of sp³-hybridized carbons (Fsp3) is 0.292. The van der Waals surface area contributed by atoms with E-state index in [9.17, 15) is 14.4 Å². The molecular weight excluding hydrogens is 428 g/mol. The molecule has 1 aliphatic heterocycles. The molecule has 168 valence electrons. The van der Waals surface area contributed by atoms with Crippen LogP contribution in [0.5, 0.6) is 5.75 Å². The highest BCUT2D eigenvalue weighted by Gasteiger charge is 2.34. The quantitative estimate of drug-likeness (QED) is 0.433. The van der Waals surface area contributed by atoms with Crippen molar-refractivity contribution in [2.75, 3.05) is 32.9 Å². The van der Waals surface area contributed by atoms with Crippen LogP contribution in [0.3, 0.4) is 0 Å². The van der Waals surface area contributed by atoms with Gasteiger partial charge in [-0.2, -0.15) is 0 Å². The zero-order valence-corrected chi connectivity index (χ0v) is 18.9. The summed E-state index contributed by atoms with van der Waals surface area (Å²) >= 11 is 0.905. The SMILES string of the molecule is CCOCCOc1ccccc1C(=O)NCCN1C(=O)S/C(=C/c2ccc(C)cc2)C1=O. The van der Waals surface area contributed by atoms with E-state index < -0.39 is 0 Å². The smallest absolute Gasteiger partial charge is 0.293 e. The minimum Gasteiger partial charge on any atom is -0.490 e. The van der Waals surface area contributed by atoms with Gasteiger partial charge in [-0.05, 0) is 49.4 Å². The Balaban J connectivity index is 1.55. The lowest BCUT2D eigenvalue weighted by Crippen LogP contribution is -2.37. The molecule has 1 N–H and O–H groups in total. The molecule has 0 atom stereocenters. The van der Waals surface area contributed by atoms with Crippen LogP contribution in [0.1, 0.15) is 28.4 Å². The second-order valence-corrected chi connectivity index (χ2v) is 8.03. The van der Waals surface area contributed by atoms with Crippen LogP contribution < -0.4 is 10.1 Å². The minimum absolute atomic E-state index is 0.0923. The van der Waals surface area contributed by atoms with Gasteiger partial charge in [-0.15, -0.1) is 0 Å². The Bertz CT molecular complexity index is 1000. The van der Waals surface area contributed by atoms with E-state index in [4.69, 9.17) is 9.47 Å². The maximum Gasteiger partial charge on any atom is 0.293 e. The number of carbonyl (C=O) groups excluding carboxylic acids is 3. The highest BCUT2D eigenvalue weighted by molar-refractivity contribution is 8.18. The Kier molecular flexibility index (Phi) is 8.47. The number of amides is 3. The predicted molar refractivity (Wildman–Crippen MR) is 125 cm³/mol. The topological polar surface area (TPSA) is 84.9 Å². The molecule has 0 saturated carbocycles. The molecule has 3 amide bonds. The van der Waals surface area contributed by atoms with Crippen LogP contribution in [0.25, 0.3) is 6.08 Å². The number of carbonyl (C=O) groups is 3. The summed E-state index contributed by atoms with van der Waals surface area (Å²) in [6.07, 6.45) is 1.71. The molecule has 32 heavy (non-hydrogen) atoms. The van der Waals surface area contributed by atoms with Gasteiger partial charge in [0.2, 0.25) is 0 Å². The summed E-state index contributed by atoms with van der Waals surface area (Å²) in [5.41, 5.74) is 2.36. The standard InChI is InChI=1S/C24H26N2O5S/c1-3-30-14-15-31-20-7-5-4-6-19(20)22(27)25-12-13-26-23(28)21(32-24(26)29)16-18-10-8-17(2)9-11-18/h4-11,16H,3,12-15H2,1-2H3,(H,25,27)/b21-16+. The van der Waals surface area contributed by atoms with Crippen molar-refractivity contribution >= 4 is 34.9 Å².